The average molecular weight is 607 g/mol. The first-order chi connectivity index (χ1) is 20.5. The number of carbonyl (C=O) groups excluding carboxylic acids is 2. The van der Waals surface area contributed by atoms with Crippen LogP contribution in [0.25, 0.3) is 0 Å². The Labute approximate surface area is 247 Å². The average Bonchev–Trinajstić information content (AvgIpc) is 3.31. The van der Waals surface area contributed by atoms with E-state index in [1.54, 1.807) is 17.0 Å². The highest BCUT2D eigenvalue weighted by molar-refractivity contribution is 6.03. The van der Waals surface area contributed by atoms with E-state index in [0.717, 1.165) is 19.3 Å². The molecule has 2 aromatic heterocycles. The number of alkyl halides is 3. The van der Waals surface area contributed by atoms with Crippen LogP contribution in [0.15, 0.2) is 22.7 Å². The van der Waals surface area contributed by atoms with Crippen LogP contribution in [0.3, 0.4) is 0 Å². The molecule has 2 N–H and O–H groups in total. The van der Waals surface area contributed by atoms with Gasteiger partial charge in [-0.25, -0.2) is 4.98 Å². The van der Waals surface area contributed by atoms with Crippen LogP contribution in [0.4, 0.5) is 30.7 Å². The van der Waals surface area contributed by atoms with E-state index in [1.807, 2.05) is 16.7 Å². The number of nitrogens with zero attached hydrogens (tertiary/aromatic N) is 5. The maximum absolute atomic E-state index is 13.7. The molecule has 0 radical (unpaired) electrons. The molecule has 234 valence electrons. The van der Waals surface area contributed by atoms with Crippen molar-refractivity contribution >= 4 is 35.3 Å². The van der Waals surface area contributed by atoms with Crippen LogP contribution in [0.5, 0.6) is 0 Å². The van der Waals surface area contributed by atoms with Crippen molar-refractivity contribution in [2.75, 3.05) is 54.4 Å². The number of aliphatic carboxylic acids is 1. The number of anilines is 3. The van der Waals surface area contributed by atoms with Crippen molar-refractivity contribution < 1.29 is 37.1 Å². The van der Waals surface area contributed by atoms with E-state index in [9.17, 15) is 32.7 Å². The Balaban J connectivity index is 1.19. The van der Waals surface area contributed by atoms with Crippen LogP contribution in [0.1, 0.15) is 68.1 Å². The van der Waals surface area contributed by atoms with E-state index >= 15 is 0 Å². The fourth-order valence-electron chi connectivity index (χ4n) is 6.20. The second-order valence-corrected chi connectivity index (χ2v) is 11.8. The minimum absolute atomic E-state index is 0.0697. The molecule has 0 bridgehead atoms. The number of nitrogens with one attached hydrogen (secondary N) is 1. The normalized spacial score (nSPS) is 23.5. The van der Waals surface area contributed by atoms with E-state index in [-0.39, 0.29) is 35.4 Å². The number of pyridine rings is 1. The number of carbonyl (C=O) groups is 3. The summed E-state index contributed by atoms with van der Waals surface area (Å²) in [5, 5.41) is 11.7. The minimum atomic E-state index is -4.86. The first-order valence-corrected chi connectivity index (χ1v) is 14.9. The highest BCUT2D eigenvalue weighted by Gasteiger charge is 2.42. The van der Waals surface area contributed by atoms with Gasteiger partial charge in [0.1, 0.15) is 5.82 Å². The van der Waals surface area contributed by atoms with Gasteiger partial charge in [-0.3, -0.25) is 14.4 Å². The molecule has 3 aliphatic rings. The summed E-state index contributed by atoms with van der Waals surface area (Å²) >= 11 is 0. The first kappa shape index (κ1) is 30.6. The molecule has 0 spiro atoms. The number of aromatic nitrogens is 2. The number of carboxylic acid groups (broad SMARTS) is 1. The largest absolute Gasteiger partial charge is 0.481 e. The minimum Gasteiger partial charge on any atom is -0.481 e. The molecule has 2 aliphatic heterocycles. The molecule has 4 heterocycles. The maximum atomic E-state index is 13.7. The molecule has 3 fully saturated rings. The zero-order valence-electron chi connectivity index (χ0n) is 24.1. The molecular formula is C29H37F3N6O5. The molecule has 0 aromatic carbocycles. The molecule has 43 heavy (non-hydrogen) atoms. The maximum Gasteiger partial charge on any atom is 0.437 e. The third-order valence-corrected chi connectivity index (χ3v) is 8.58. The zero-order chi connectivity index (χ0) is 30.7. The highest BCUT2D eigenvalue weighted by Crippen LogP contribution is 2.35. The van der Waals surface area contributed by atoms with Crippen LogP contribution < -0.4 is 15.1 Å². The molecule has 1 aliphatic carbocycles. The summed E-state index contributed by atoms with van der Waals surface area (Å²) < 4.78 is 46.6. The number of hydrogen-bond donors (Lipinski definition) is 2. The Morgan fingerprint density at radius 3 is 2.33 bits per heavy atom. The van der Waals surface area contributed by atoms with Gasteiger partial charge in [0, 0.05) is 45.2 Å². The molecule has 5 rings (SSSR count). The van der Waals surface area contributed by atoms with Gasteiger partial charge < -0.3 is 29.5 Å². The quantitative estimate of drug-likeness (QED) is 0.488. The van der Waals surface area contributed by atoms with Gasteiger partial charge in [-0.15, -0.1) is 0 Å². The predicted octanol–water partition coefficient (Wildman–Crippen LogP) is 4.51. The Morgan fingerprint density at radius 1 is 0.953 bits per heavy atom. The number of amides is 2. The van der Waals surface area contributed by atoms with E-state index in [4.69, 9.17) is 4.42 Å². The fourth-order valence-corrected chi connectivity index (χ4v) is 6.20. The number of halogens is 3. The number of hydrogen-bond acceptors (Lipinski definition) is 8. The van der Waals surface area contributed by atoms with Crippen molar-refractivity contribution in [1.82, 2.24) is 14.9 Å². The SMILES string of the molecule is CC1CCCN(c2nc(C(F)(F)F)c(C(=O)Nc3ccc(N4CCCN(C(=O)[C@H]5CC[C@H](C(=O)O)CC5)CC4)nc3)o2)C1. The van der Waals surface area contributed by atoms with Gasteiger partial charge in [0.25, 0.3) is 11.9 Å². The molecule has 2 amide bonds. The van der Waals surface area contributed by atoms with Crippen LogP contribution in [0, 0.1) is 17.8 Å². The van der Waals surface area contributed by atoms with Crippen LogP contribution in [-0.4, -0.2) is 77.0 Å². The monoisotopic (exact) mass is 606 g/mol. The lowest BCUT2D eigenvalue weighted by Gasteiger charge is -2.30. The first-order valence-electron chi connectivity index (χ1n) is 14.9. The molecule has 1 saturated carbocycles. The van der Waals surface area contributed by atoms with E-state index in [2.05, 4.69) is 15.3 Å². The van der Waals surface area contributed by atoms with Crippen LogP contribution in [0.2, 0.25) is 0 Å². The summed E-state index contributed by atoms with van der Waals surface area (Å²) in [7, 11) is 0. The number of rotatable bonds is 6. The summed E-state index contributed by atoms with van der Waals surface area (Å²) in [5.74, 6) is -2.31. The summed E-state index contributed by atoms with van der Waals surface area (Å²) in [4.78, 5) is 50.8. The molecule has 14 heteroatoms. The lowest BCUT2D eigenvalue weighted by molar-refractivity contribution is -0.145. The van der Waals surface area contributed by atoms with Gasteiger partial charge in [-0.1, -0.05) is 6.92 Å². The van der Waals surface area contributed by atoms with E-state index < -0.39 is 29.5 Å². The lowest BCUT2D eigenvalue weighted by Crippen LogP contribution is -2.40. The molecule has 1 atom stereocenters. The predicted molar refractivity (Wildman–Crippen MR) is 151 cm³/mol. The van der Waals surface area contributed by atoms with E-state index in [1.165, 1.54) is 6.20 Å². The Morgan fingerprint density at radius 2 is 1.67 bits per heavy atom. The van der Waals surface area contributed by atoms with Gasteiger partial charge in [-0.05, 0) is 63.0 Å². The van der Waals surface area contributed by atoms with Crippen molar-refractivity contribution in [3.8, 4) is 0 Å². The van der Waals surface area contributed by atoms with Gasteiger partial charge in [0.15, 0.2) is 5.69 Å². The van der Waals surface area contributed by atoms with Gasteiger partial charge in [0.2, 0.25) is 11.7 Å². The molecule has 2 saturated heterocycles. The second kappa shape index (κ2) is 12.8. The van der Waals surface area contributed by atoms with Crippen molar-refractivity contribution in [2.24, 2.45) is 17.8 Å². The Hall–Kier alpha value is -3.84. The van der Waals surface area contributed by atoms with Gasteiger partial charge >= 0.3 is 12.1 Å². The molecule has 1 unspecified atom stereocenters. The number of carboxylic acids is 1. The third-order valence-electron chi connectivity index (χ3n) is 8.58. The number of oxazole rings is 1. The zero-order valence-corrected chi connectivity index (χ0v) is 24.1. The highest BCUT2D eigenvalue weighted by atomic mass is 19.4. The Bertz CT molecular complexity index is 1310. The van der Waals surface area contributed by atoms with Crippen molar-refractivity contribution in [1.29, 1.82) is 0 Å². The molecular weight excluding hydrogens is 569 g/mol. The van der Waals surface area contributed by atoms with E-state index in [0.29, 0.717) is 70.8 Å². The summed E-state index contributed by atoms with van der Waals surface area (Å²) in [6.45, 7) is 5.30. The smallest absolute Gasteiger partial charge is 0.437 e. The Kier molecular flexibility index (Phi) is 9.11. The summed E-state index contributed by atoms with van der Waals surface area (Å²) in [6, 6.07) is 3.02. The van der Waals surface area contributed by atoms with Crippen molar-refractivity contribution in [3.63, 3.8) is 0 Å². The standard InChI is InChI=1S/C29H37F3N6O5/c1-18-4-2-11-38(17-18)28-35-24(29(30,31)32)23(43-28)25(39)34-21-9-10-22(33-16-21)36-12-3-13-37(15-14-36)26(40)19-5-7-20(8-6-19)27(41)42/h9-10,16,18-20H,2-8,11-15,17H2,1H3,(H,34,39)(H,41,42)/t18?,19-,20-. The molecule has 2 aromatic rings. The topological polar surface area (TPSA) is 132 Å². The fraction of sp³-hybridized carbons (Fsp3) is 0.621. The van der Waals surface area contributed by atoms with Gasteiger partial charge in [-0.2, -0.15) is 18.2 Å². The van der Waals surface area contributed by atoms with Crippen LogP contribution >= 0.6 is 0 Å². The second-order valence-electron chi connectivity index (χ2n) is 11.8. The van der Waals surface area contributed by atoms with Crippen LogP contribution in [-0.2, 0) is 15.8 Å². The van der Waals surface area contributed by atoms with Crippen molar-refractivity contribution in [3.05, 3.63) is 29.8 Å². The number of piperidine rings is 1. The third kappa shape index (κ3) is 7.21. The van der Waals surface area contributed by atoms with Crippen molar-refractivity contribution in [2.45, 2.75) is 58.0 Å². The van der Waals surface area contributed by atoms with Gasteiger partial charge in [0.05, 0.1) is 17.8 Å². The summed E-state index contributed by atoms with van der Waals surface area (Å²) in [6.07, 6.45) is 1.20. The lowest BCUT2D eigenvalue weighted by atomic mass is 9.81. The molecule has 11 nitrogen and oxygen atoms in total. The summed E-state index contributed by atoms with van der Waals surface area (Å²) in [5.41, 5.74) is -1.16.